The second kappa shape index (κ2) is 1.78. The Labute approximate surface area is 30.6 Å². The lowest BCUT2D eigenvalue weighted by atomic mass is 9.98. The van der Waals surface area contributed by atoms with Crippen molar-refractivity contribution in [1.82, 2.24) is 0 Å². The van der Waals surface area contributed by atoms with E-state index in [0.717, 1.165) is 7.41 Å². The Morgan fingerprint density at radius 3 is 2.00 bits per heavy atom. The van der Waals surface area contributed by atoms with Gasteiger partial charge < -0.3 is 11.4 Å². The fourth-order valence-corrected chi connectivity index (χ4v) is 0. The molecule has 4 N–H and O–H groups in total. The zero-order valence-electron chi connectivity index (χ0n) is 2.64. The maximum atomic E-state index is 9.41. The second-order valence-corrected chi connectivity index (χ2v) is 0.569. The number of hydrogen-bond acceptors (Lipinski definition) is 2. The van der Waals surface area contributed by atoms with Gasteiger partial charge >= 0.3 is 7.41 Å². The largest absolute Gasteiger partial charge is 0.377 e. The molecular weight excluding hydrogens is 66.8 g/mol. The van der Waals surface area contributed by atoms with Gasteiger partial charge in [0, 0.05) is 0 Å². The van der Waals surface area contributed by atoms with Crippen molar-refractivity contribution in [2.45, 2.75) is 0 Å². The quantitative estimate of drug-likeness (QED) is 0.375. The fourth-order valence-electron chi connectivity index (χ4n) is 0. The molecular formula is CH4BN2O. The van der Waals surface area contributed by atoms with Gasteiger partial charge in [-0.2, -0.15) is 0 Å². The lowest BCUT2D eigenvalue weighted by Crippen LogP contribution is -2.24. The number of primary amides is 1. The number of carbonyl (C=O) groups is 1. The van der Waals surface area contributed by atoms with Crippen molar-refractivity contribution in [1.29, 1.82) is 0 Å². The topological polar surface area (TPSA) is 69.1 Å². The van der Waals surface area contributed by atoms with Crippen LogP contribution < -0.4 is 11.4 Å². The van der Waals surface area contributed by atoms with Gasteiger partial charge in [-0.15, -0.1) is 0 Å². The first-order valence-electron chi connectivity index (χ1n) is 1.11. The molecule has 0 aromatic heterocycles. The molecule has 4 heteroatoms. The molecule has 3 nitrogen and oxygen atoms in total. The molecule has 0 aromatic rings. The summed E-state index contributed by atoms with van der Waals surface area (Å²) in [5.74, 6) is -0.593. The molecule has 0 heterocycles. The van der Waals surface area contributed by atoms with Gasteiger partial charge in [0.25, 0.3) is 0 Å². The van der Waals surface area contributed by atoms with Crippen LogP contribution in [0.1, 0.15) is 0 Å². The SMILES string of the molecule is N[B]C(N)=O. The number of rotatable bonds is 1. The molecule has 0 aliphatic carbocycles. The van der Waals surface area contributed by atoms with Crippen LogP contribution in [0.3, 0.4) is 0 Å². The van der Waals surface area contributed by atoms with Gasteiger partial charge in [-0.3, -0.25) is 4.79 Å². The Balaban J connectivity index is 2.85. The highest BCUT2D eigenvalue weighted by molar-refractivity contribution is 6.70. The third-order valence-electron chi connectivity index (χ3n) is 0.164. The molecule has 0 spiro atoms. The Hall–Kier alpha value is -0.505. The van der Waals surface area contributed by atoms with Crippen molar-refractivity contribution < 1.29 is 4.79 Å². The monoisotopic (exact) mass is 71.0 g/mol. The van der Waals surface area contributed by atoms with E-state index in [2.05, 4.69) is 11.4 Å². The molecule has 0 saturated heterocycles. The van der Waals surface area contributed by atoms with E-state index in [4.69, 9.17) is 0 Å². The van der Waals surface area contributed by atoms with E-state index in [-0.39, 0.29) is 0 Å². The van der Waals surface area contributed by atoms with Crippen molar-refractivity contribution in [3.8, 4) is 0 Å². The number of hydrogen-bond donors (Lipinski definition) is 2. The van der Waals surface area contributed by atoms with Gasteiger partial charge in [0.15, 0.2) is 5.81 Å². The van der Waals surface area contributed by atoms with Crippen LogP contribution in [0, 0.1) is 0 Å². The van der Waals surface area contributed by atoms with Gasteiger partial charge in [0.2, 0.25) is 0 Å². The van der Waals surface area contributed by atoms with E-state index in [9.17, 15) is 4.79 Å². The lowest BCUT2D eigenvalue weighted by molar-refractivity contribution is 0.265. The highest BCUT2D eigenvalue weighted by atomic mass is 16.1. The summed E-state index contributed by atoms with van der Waals surface area (Å²) >= 11 is 0. The number of carbonyl (C=O) groups excluding carboxylic acids is 1. The average molecular weight is 70.9 g/mol. The van der Waals surface area contributed by atoms with Gasteiger partial charge in [0.05, 0.1) is 0 Å². The summed E-state index contributed by atoms with van der Waals surface area (Å²) in [5, 5.41) is 0. The molecule has 0 unspecified atom stereocenters. The summed E-state index contributed by atoms with van der Waals surface area (Å²) in [6.07, 6.45) is 0. The number of amides is 1. The molecule has 0 aliphatic rings. The van der Waals surface area contributed by atoms with Crippen LogP contribution in [0.15, 0.2) is 0 Å². The minimum Gasteiger partial charge on any atom is -0.377 e. The van der Waals surface area contributed by atoms with Crippen LogP contribution in [0.4, 0.5) is 4.79 Å². The summed E-state index contributed by atoms with van der Waals surface area (Å²) in [6, 6.07) is 0. The first-order valence-corrected chi connectivity index (χ1v) is 1.11. The predicted molar refractivity (Wildman–Crippen MR) is 19.5 cm³/mol. The first kappa shape index (κ1) is 4.49. The van der Waals surface area contributed by atoms with Gasteiger partial charge in [-0.1, -0.05) is 0 Å². The van der Waals surface area contributed by atoms with E-state index >= 15 is 0 Å². The van der Waals surface area contributed by atoms with E-state index in [1.54, 1.807) is 0 Å². The van der Waals surface area contributed by atoms with E-state index in [1.165, 1.54) is 0 Å². The molecule has 0 bridgehead atoms. The van der Waals surface area contributed by atoms with Crippen LogP contribution >= 0.6 is 0 Å². The maximum Gasteiger partial charge on any atom is 0.322 e. The predicted octanol–water partition coefficient (Wildman–Crippen LogP) is -1.36. The summed E-state index contributed by atoms with van der Waals surface area (Å²) < 4.78 is 0. The molecule has 0 saturated carbocycles. The molecule has 0 aromatic carbocycles. The van der Waals surface area contributed by atoms with Crippen LogP contribution in [0.25, 0.3) is 0 Å². The zero-order chi connectivity index (χ0) is 4.28. The van der Waals surface area contributed by atoms with Gasteiger partial charge in [0.1, 0.15) is 0 Å². The standard InChI is InChI=1S/CH4BN2O/c3-1(5)2-4/h4H2,(H2,3,5). The minimum absolute atomic E-state index is 0.593. The number of nitrogens with two attached hydrogens (primary N) is 2. The van der Waals surface area contributed by atoms with Crippen molar-refractivity contribution in [3.05, 3.63) is 0 Å². The van der Waals surface area contributed by atoms with Crippen LogP contribution in [-0.2, 0) is 0 Å². The Kier molecular flexibility index (Phi) is 1.60. The third-order valence-corrected chi connectivity index (χ3v) is 0.164. The Bertz CT molecular complexity index is 44.9. The Morgan fingerprint density at radius 2 is 2.00 bits per heavy atom. The smallest absolute Gasteiger partial charge is 0.322 e. The summed E-state index contributed by atoms with van der Waals surface area (Å²) in [6.45, 7) is 0. The zero-order valence-corrected chi connectivity index (χ0v) is 2.64. The molecule has 0 rings (SSSR count). The molecule has 0 fully saturated rings. The van der Waals surface area contributed by atoms with Crippen LogP contribution in [0.2, 0.25) is 0 Å². The Morgan fingerprint density at radius 1 is 1.80 bits per heavy atom. The molecule has 1 radical (unpaired) electrons. The average Bonchev–Trinajstić information content (AvgIpc) is 1.38. The van der Waals surface area contributed by atoms with E-state index in [0.29, 0.717) is 0 Å². The second-order valence-electron chi connectivity index (χ2n) is 0.569. The molecule has 0 atom stereocenters. The van der Waals surface area contributed by atoms with Gasteiger partial charge in [-0.25, -0.2) is 0 Å². The van der Waals surface area contributed by atoms with Crippen molar-refractivity contribution in [2.75, 3.05) is 0 Å². The van der Waals surface area contributed by atoms with Crippen molar-refractivity contribution in [2.24, 2.45) is 11.4 Å². The molecule has 5 heavy (non-hydrogen) atoms. The normalized spacial score (nSPS) is 6.60. The first-order chi connectivity index (χ1) is 2.27. The maximum absolute atomic E-state index is 9.41. The molecule has 0 aliphatic heterocycles. The summed E-state index contributed by atoms with van der Waals surface area (Å²) in [7, 11) is 0.806. The van der Waals surface area contributed by atoms with Gasteiger partial charge in [-0.05, 0) is 0 Å². The third kappa shape index (κ3) is 3.49. The summed E-state index contributed by atoms with van der Waals surface area (Å²) in [5.41, 5.74) is 9.04. The highest BCUT2D eigenvalue weighted by Gasteiger charge is 1.83. The summed E-state index contributed by atoms with van der Waals surface area (Å²) in [4.78, 5) is 9.41. The van der Waals surface area contributed by atoms with E-state index in [1.807, 2.05) is 0 Å². The van der Waals surface area contributed by atoms with Crippen LogP contribution in [-0.4, -0.2) is 13.2 Å². The molecule has 1 amide bonds. The van der Waals surface area contributed by atoms with Crippen LogP contribution in [0.5, 0.6) is 0 Å². The van der Waals surface area contributed by atoms with Crippen molar-refractivity contribution in [3.63, 3.8) is 0 Å². The highest BCUT2D eigenvalue weighted by Crippen LogP contribution is 1.41. The van der Waals surface area contributed by atoms with Crippen molar-refractivity contribution >= 4 is 13.2 Å². The lowest BCUT2D eigenvalue weighted by Gasteiger charge is -1.70. The van der Waals surface area contributed by atoms with E-state index < -0.39 is 5.81 Å². The molecule has 27 valence electrons. The minimum atomic E-state index is -0.593. The fraction of sp³-hybridized carbons (Fsp3) is 0.